The summed E-state index contributed by atoms with van der Waals surface area (Å²) in [5.41, 5.74) is 2.06. The van der Waals surface area contributed by atoms with Crippen LogP contribution in [0, 0.1) is 0 Å². The Morgan fingerprint density at radius 1 is 1.31 bits per heavy atom. The second-order valence-corrected chi connectivity index (χ2v) is 3.67. The predicted molar refractivity (Wildman–Crippen MR) is 52.6 cm³/mol. The highest BCUT2D eigenvalue weighted by Crippen LogP contribution is 2.34. The maximum atomic E-state index is 8.63. The lowest BCUT2D eigenvalue weighted by Crippen LogP contribution is -2.23. The van der Waals surface area contributed by atoms with Crippen LogP contribution in [0.1, 0.15) is 24.3 Å². The molecule has 1 N–H and O–H groups in total. The van der Waals surface area contributed by atoms with Gasteiger partial charge >= 0.3 is 0 Å². The Hall–Kier alpha value is -1.02. The SMILES string of the molecule is O/N=C1\CCC1c1ccc(Cl)cc1. The van der Waals surface area contributed by atoms with Gasteiger partial charge in [-0.3, -0.25) is 0 Å². The number of benzene rings is 1. The van der Waals surface area contributed by atoms with E-state index in [1.165, 1.54) is 5.56 Å². The molecule has 1 aromatic carbocycles. The highest BCUT2D eigenvalue weighted by Gasteiger charge is 2.27. The first-order chi connectivity index (χ1) is 6.31. The van der Waals surface area contributed by atoms with Gasteiger partial charge in [0.15, 0.2) is 0 Å². The summed E-state index contributed by atoms with van der Waals surface area (Å²) in [6.45, 7) is 0. The van der Waals surface area contributed by atoms with E-state index < -0.39 is 0 Å². The van der Waals surface area contributed by atoms with Crippen molar-refractivity contribution in [2.75, 3.05) is 0 Å². The first-order valence-electron chi connectivity index (χ1n) is 4.27. The minimum absolute atomic E-state index is 0.308. The number of oxime groups is 1. The molecule has 2 nitrogen and oxygen atoms in total. The van der Waals surface area contributed by atoms with Crippen LogP contribution in [0.5, 0.6) is 0 Å². The highest BCUT2D eigenvalue weighted by molar-refractivity contribution is 6.30. The fraction of sp³-hybridized carbons (Fsp3) is 0.300. The van der Waals surface area contributed by atoms with Gasteiger partial charge in [-0.05, 0) is 30.5 Å². The van der Waals surface area contributed by atoms with Gasteiger partial charge in [-0.1, -0.05) is 28.9 Å². The minimum Gasteiger partial charge on any atom is -0.411 e. The predicted octanol–water partition coefficient (Wildman–Crippen LogP) is 3.05. The standard InChI is InChI=1S/C10H10ClNO/c11-8-3-1-7(2-4-8)9-5-6-10(9)12-13/h1-4,9,13H,5-6H2/b12-10+. The molecule has 1 unspecified atom stereocenters. The van der Waals surface area contributed by atoms with Crippen LogP contribution < -0.4 is 0 Å². The maximum Gasteiger partial charge on any atom is 0.0645 e. The summed E-state index contributed by atoms with van der Waals surface area (Å²) in [5.74, 6) is 0.308. The lowest BCUT2D eigenvalue weighted by Gasteiger charge is -2.27. The summed E-state index contributed by atoms with van der Waals surface area (Å²) in [6.07, 6.45) is 1.98. The zero-order chi connectivity index (χ0) is 9.26. The van der Waals surface area contributed by atoms with Crippen molar-refractivity contribution in [1.29, 1.82) is 0 Å². The van der Waals surface area contributed by atoms with Crippen LogP contribution in [0.3, 0.4) is 0 Å². The van der Waals surface area contributed by atoms with E-state index in [0.717, 1.165) is 23.6 Å². The average molecular weight is 196 g/mol. The van der Waals surface area contributed by atoms with Gasteiger partial charge in [0.1, 0.15) is 0 Å². The van der Waals surface area contributed by atoms with Crippen molar-refractivity contribution in [2.24, 2.45) is 5.16 Å². The van der Waals surface area contributed by atoms with Crippen LogP contribution in [-0.4, -0.2) is 10.9 Å². The number of nitrogens with zero attached hydrogens (tertiary/aromatic N) is 1. The topological polar surface area (TPSA) is 32.6 Å². The third-order valence-electron chi connectivity index (χ3n) is 2.49. The Morgan fingerprint density at radius 3 is 2.46 bits per heavy atom. The van der Waals surface area contributed by atoms with Crippen LogP contribution in [0.4, 0.5) is 0 Å². The van der Waals surface area contributed by atoms with Crippen LogP contribution in [0.15, 0.2) is 29.4 Å². The third-order valence-corrected chi connectivity index (χ3v) is 2.74. The lowest BCUT2D eigenvalue weighted by molar-refractivity contribution is 0.310. The fourth-order valence-corrected chi connectivity index (χ4v) is 1.72. The monoisotopic (exact) mass is 195 g/mol. The Morgan fingerprint density at radius 2 is 2.00 bits per heavy atom. The maximum absolute atomic E-state index is 8.63. The molecule has 1 atom stereocenters. The largest absolute Gasteiger partial charge is 0.411 e. The summed E-state index contributed by atoms with van der Waals surface area (Å²) in [6, 6.07) is 7.70. The second-order valence-electron chi connectivity index (χ2n) is 3.23. The molecule has 1 saturated carbocycles. The molecule has 2 rings (SSSR count). The number of rotatable bonds is 1. The molecule has 0 spiro atoms. The molecule has 0 saturated heterocycles. The van der Waals surface area contributed by atoms with Gasteiger partial charge in [0, 0.05) is 10.9 Å². The molecule has 3 heteroatoms. The van der Waals surface area contributed by atoms with Crippen LogP contribution in [0.2, 0.25) is 5.02 Å². The van der Waals surface area contributed by atoms with E-state index in [2.05, 4.69) is 5.16 Å². The van der Waals surface area contributed by atoms with E-state index in [4.69, 9.17) is 16.8 Å². The van der Waals surface area contributed by atoms with E-state index >= 15 is 0 Å². The van der Waals surface area contributed by atoms with Gasteiger partial charge in [-0.2, -0.15) is 0 Å². The molecule has 0 heterocycles. The van der Waals surface area contributed by atoms with Gasteiger partial charge in [0.05, 0.1) is 5.71 Å². The van der Waals surface area contributed by atoms with Crippen molar-refractivity contribution in [3.05, 3.63) is 34.9 Å². The van der Waals surface area contributed by atoms with Gasteiger partial charge in [-0.15, -0.1) is 0 Å². The van der Waals surface area contributed by atoms with Crippen LogP contribution >= 0.6 is 11.6 Å². The molecular formula is C10H10ClNO. The van der Waals surface area contributed by atoms with Gasteiger partial charge in [0.25, 0.3) is 0 Å². The van der Waals surface area contributed by atoms with Crippen molar-refractivity contribution in [2.45, 2.75) is 18.8 Å². The Bertz CT molecular complexity index is 331. The highest BCUT2D eigenvalue weighted by atomic mass is 35.5. The molecule has 1 aliphatic rings. The second kappa shape index (κ2) is 3.38. The van der Waals surface area contributed by atoms with Gasteiger partial charge < -0.3 is 5.21 Å². The quantitative estimate of drug-likeness (QED) is 0.542. The molecule has 1 aliphatic carbocycles. The summed E-state index contributed by atoms with van der Waals surface area (Å²) in [7, 11) is 0. The van der Waals surface area contributed by atoms with Crippen molar-refractivity contribution in [3.8, 4) is 0 Å². The minimum atomic E-state index is 0.308. The molecule has 1 aromatic rings. The van der Waals surface area contributed by atoms with Crippen molar-refractivity contribution < 1.29 is 5.21 Å². The van der Waals surface area contributed by atoms with Crippen molar-refractivity contribution >= 4 is 17.3 Å². The molecule has 68 valence electrons. The Labute approximate surface area is 81.8 Å². The molecular weight excluding hydrogens is 186 g/mol. The summed E-state index contributed by atoms with van der Waals surface area (Å²) in [4.78, 5) is 0. The van der Waals surface area contributed by atoms with Crippen molar-refractivity contribution in [1.82, 2.24) is 0 Å². The molecule has 0 aromatic heterocycles. The molecule has 1 fully saturated rings. The Kier molecular flexibility index (Phi) is 2.23. The molecule has 0 amide bonds. The van der Waals surface area contributed by atoms with Crippen LogP contribution in [-0.2, 0) is 0 Å². The van der Waals surface area contributed by atoms with Crippen molar-refractivity contribution in [3.63, 3.8) is 0 Å². The van der Waals surface area contributed by atoms with Gasteiger partial charge in [-0.25, -0.2) is 0 Å². The lowest BCUT2D eigenvalue weighted by atomic mass is 9.78. The summed E-state index contributed by atoms with van der Waals surface area (Å²) >= 11 is 5.77. The van der Waals surface area contributed by atoms with Crippen LogP contribution in [0.25, 0.3) is 0 Å². The summed E-state index contributed by atoms with van der Waals surface area (Å²) < 4.78 is 0. The first-order valence-corrected chi connectivity index (χ1v) is 4.65. The number of hydrogen-bond donors (Lipinski definition) is 1. The molecule has 0 bridgehead atoms. The number of halogens is 1. The Balaban J connectivity index is 2.22. The molecule has 0 radical (unpaired) electrons. The summed E-state index contributed by atoms with van der Waals surface area (Å²) in [5, 5.41) is 12.6. The fourth-order valence-electron chi connectivity index (χ4n) is 1.59. The zero-order valence-corrected chi connectivity index (χ0v) is 7.83. The zero-order valence-electron chi connectivity index (χ0n) is 7.07. The van der Waals surface area contributed by atoms with E-state index in [9.17, 15) is 0 Å². The first kappa shape index (κ1) is 8.57. The smallest absolute Gasteiger partial charge is 0.0645 e. The molecule has 0 aliphatic heterocycles. The third kappa shape index (κ3) is 1.54. The van der Waals surface area contributed by atoms with E-state index in [-0.39, 0.29) is 0 Å². The van der Waals surface area contributed by atoms with E-state index in [0.29, 0.717) is 5.92 Å². The normalized spacial score (nSPS) is 24.4. The average Bonchev–Trinajstić information content (AvgIpc) is 2.08. The number of hydrogen-bond acceptors (Lipinski definition) is 2. The van der Waals surface area contributed by atoms with E-state index in [1.807, 2.05) is 24.3 Å². The van der Waals surface area contributed by atoms with E-state index in [1.54, 1.807) is 0 Å². The van der Waals surface area contributed by atoms with Gasteiger partial charge in [0.2, 0.25) is 0 Å². The molecule has 13 heavy (non-hydrogen) atoms.